The molecule has 0 saturated heterocycles. The van der Waals surface area contributed by atoms with Gasteiger partial charge < -0.3 is 9.88 Å². The number of para-hydroxylation sites is 1. The first-order valence-electron chi connectivity index (χ1n) is 10.5. The molecule has 1 amide bonds. The minimum atomic E-state index is -0.422. The largest absolute Gasteiger partial charge is 0.327 e. The Morgan fingerprint density at radius 2 is 1.69 bits per heavy atom. The molecule has 1 N–H and O–H groups in total. The number of amides is 1. The Bertz CT molecular complexity index is 1550. The van der Waals surface area contributed by atoms with Crippen molar-refractivity contribution in [1.82, 2.24) is 19.7 Å². The number of nitrogens with one attached hydrogen (secondary N) is 1. The van der Waals surface area contributed by atoms with E-state index in [9.17, 15) is 14.9 Å². The third-order valence-electron chi connectivity index (χ3n) is 5.24. The molecule has 0 spiro atoms. The van der Waals surface area contributed by atoms with E-state index in [2.05, 4.69) is 20.5 Å². The topological polar surface area (TPSA) is 116 Å². The summed E-state index contributed by atoms with van der Waals surface area (Å²) in [6.45, 7) is 0. The molecular formula is C24H18N6O3S2. The Kier molecular flexibility index (Phi) is 6.34. The lowest BCUT2D eigenvalue weighted by molar-refractivity contribution is -0.384. The molecule has 5 rings (SSSR count). The van der Waals surface area contributed by atoms with Gasteiger partial charge in [0.2, 0.25) is 11.1 Å². The van der Waals surface area contributed by atoms with Crippen molar-refractivity contribution < 1.29 is 9.72 Å². The summed E-state index contributed by atoms with van der Waals surface area (Å²) in [5.74, 6) is -0.0253. The molecule has 0 atom stereocenters. The second kappa shape index (κ2) is 9.72. The van der Waals surface area contributed by atoms with Crippen LogP contribution in [0.15, 0.2) is 87.7 Å². The van der Waals surface area contributed by atoms with Gasteiger partial charge in [0.05, 0.1) is 16.2 Å². The third kappa shape index (κ3) is 4.96. The molecule has 0 saturated carbocycles. The highest BCUT2D eigenvalue weighted by molar-refractivity contribution is 7.99. The Hall–Kier alpha value is -3.96. The number of rotatable bonds is 7. The summed E-state index contributed by atoms with van der Waals surface area (Å²) >= 11 is 2.71. The molecule has 35 heavy (non-hydrogen) atoms. The predicted octanol–water partition coefficient (Wildman–Crippen LogP) is 5.31. The Balaban J connectivity index is 1.19. The molecule has 5 aromatic rings. The zero-order valence-corrected chi connectivity index (χ0v) is 20.0. The molecule has 11 heteroatoms. The zero-order valence-electron chi connectivity index (χ0n) is 18.4. The average molecular weight is 503 g/mol. The fraction of sp³-hybridized carbons (Fsp3) is 0.0833. The molecule has 0 aliphatic heterocycles. The van der Waals surface area contributed by atoms with Gasteiger partial charge in [-0.1, -0.05) is 41.7 Å². The van der Waals surface area contributed by atoms with Crippen molar-refractivity contribution in [3.05, 3.63) is 82.9 Å². The highest BCUT2D eigenvalue weighted by Gasteiger charge is 2.13. The number of carbonyl (C=O) groups excluding carboxylic acids is 1. The monoisotopic (exact) mass is 502 g/mol. The van der Waals surface area contributed by atoms with Crippen LogP contribution in [-0.2, 0) is 11.8 Å². The van der Waals surface area contributed by atoms with Crippen molar-refractivity contribution in [2.45, 2.75) is 14.9 Å². The van der Waals surface area contributed by atoms with Crippen LogP contribution in [0.4, 0.5) is 11.4 Å². The van der Waals surface area contributed by atoms with Crippen LogP contribution in [0.2, 0.25) is 0 Å². The fourth-order valence-electron chi connectivity index (χ4n) is 3.56. The maximum atomic E-state index is 12.4. The number of non-ortho nitro benzene ring substituents is 1. The number of nitro groups is 1. The molecule has 0 aliphatic rings. The van der Waals surface area contributed by atoms with Gasteiger partial charge in [0.15, 0.2) is 5.65 Å². The van der Waals surface area contributed by atoms with Gasteiger partial charge in [-0.2, -0.15) is 0 Å². The molecular weight excluding hydrogens is 484 g/mol. The van der Waals surface area contributed by atoms with Gasteiger partial charge in [0, 0.05) is 40.0 Å². The van der Waals surface area contributed by atoms with Gasteiger partial charge in [-0.25, -0.2) is 4.98 Å². The van der Waals surface area contributed by atoms with Gasteiger partial charge in [0.1, 0.15) is 5.52 Å². The van der Waals surface area contributed by atoms with Gasteiger partial charge in [-0.3, -0.25) is 14.9 Å². The summed E-state index contributed by atoms with van der Waals surface area (Å²) < 4.78 is 1.97. The summed E-state index contributed by atoms with van der Waals surface area (Å²) in [4.78, 5) is 29.2. The smallest absolute Gasteiger partial charge is 0.269 e. The molecule has 2 aromatic heterocycles. The third-order valence-corrected chi connectivity index (χ3v) is 7.09. The minimum Gasteiger partial charge on any atom is -0.327 e. The summed E-state index contributed by atoms with van der Waals surface area (Å²) in [6, 6.07) is 21.7. The van der Waals surface area contributed by atoms with E-state index in [1.165, 1.54) is 35.7 Å². The van der Waals surface area contributed by atoms with Crippen molar-refractivity contribution in [2.24, 2.45) is 7.05 Å². The van der Waals surface area contributed by atoms with Crippen molar-refractivity contribution >= 4 is 62.9 Å². The minimum absolute atomic E-state index is 0.0588. The molecule has 2 heterocycles. The number of carbonyl (C=O) groups is 1. The number of thioether (sulfide) groups is 1. The van der Waals surface area contributed by atoms with Crippen molar-refractivity contribution in [1.29, 1.82) is 0 Å². The fourth-order valence-corrected chi connectivity index (χ4v) is 4.96. The summed E-state index contributed by atoms with van der Waals surface area (Å²) in [5.41, 5.74) is 3.23. The highest BCUT2D eigenvalue weighted by atomic mass is 32.2. The van der Waals surface area contributed by atoms with Crippen LogP contribution in [0, 0.1) is 10.1 Å². The number of aromatic nitrogens is 4. The summed E-state index contributed by atoms with van der Waals surface area (Å²) in [7, 11) is 1.93. The van der Waals surface area contributed by atoms with E-state index in [1.807, 2.05) is 60.1 Å². The van der Waals surface area contributed by atoms with E-state index in [1.54, 1.807) is 12.1 Å². The lowest BCUT2D eigenvalue weighted by Gasteiger charge is -2.06. The zero-order chi connectivity index (χ0) is 24.4. The van der Waals surface area contributed by atoms with Gasteiger partial charge in [-0.05, 0) is 42.5 Å². The Labute approximate surface area is 208 Å². The number of anilines is 1. The number of hydrogen-bond acceptors (Lipinski definition) is 8. The molecule has 3 aromatic carbocycles. The van der Waals surface area contributed by atoms with E-state index in [0.29, 0.717) is 10.8 Å². The maximum absolute atomic E-state index is 12.4. The Morgan fingerprint density at radius 1 is 1.00 bits per heavy atom. The number of nitro benzene ring substituents is 1. The first kappa shape index (κ1) is 22.8. The molecule has 0 aliphatic carbocycles. The van der Waals surface area contributed by atoms with Crippen LogP contribution in [0.25, 0.3) is 22.1 Å². The molecule has 0 bridgehead atoms. The van der Waals surface area contributed by atoms with E-state index in [-0.39, 0.29) is 17.3 Å². The average Bonchev–Trinajstić information content (AvgIpc) is 3.16. The van der Waals surface area contributed by atoms with Crippen LogP contribution in [0.5, 0.6) is 0 Å². The van der Waals surface area contributed by atoms with Crippen LogP contribution < -0.4 is 5.32 Å². The van der Waals surface area contributed by atoms with Crippen molar-refractivity contribution in [3.63, 3.8) is 0 Å². The second-order valence-corrected chi connectivity index (χ2v) is 9.65. The van der Waals surface area contributed by atoms with Crippen LogP contribution in [-0.4, -0.2) is 36.3 Å². The second-order valence-electron chi connectivity index (χ2n) is 7.56. The number of aryl methyl sites for hydroxylation is 1. The normalized spacial score (nSPS) is 11.1. The molecule has 174 valence electrons. The lowest BCUT2D eigenvalue weighted by Crippen LogP contribution is -2.14. The molecule has 0 unspecified atom stereocenters. The van der Waals surface area contributed by atoms with E-state index in [4.69, 9.17) is 0 Å². The van der Waals surface area contributed by atoms with Crippen LogP contribution in [0.3, 0.4) is 0 Å². The predicted molar refractivity (Wildman–Crippen MR) is 137 cm³/mol. The molecule has 9 nitrogen and oxygen atoms in total. The number of hydrogen-bond donors (Lipinski definition) is 1. The summed E-state index contributed by atoms with van der Waals surface area (Å²) in [6.07, 6.45) is 0. The lowest BCUT2D eigenvalue weighted by atomic mass is 10.2. The van der Waals surface area contributed by atoms with Gasteiger partial charge >= 0.3 is 0 Å². The van der Waals surface area contributed by atoms with Gasteiger partial charge in [0.25, 0.3) is 5.69 Å². The number of nitrogens with zero attached hydrogens (tertiary/aromatic N) is 5. The van der Waals surface area contributed by atoms with Crippen molar-refractivity contribution in [3.8, 4) is 0 Å². The van der Waals surface area contributed by atoms with Gasteiger partial charge in [-0.15, -0.1) is 10.2 Å². The number of fused-ring (bicyclic) bond motifs is 3. The standard InChI is InChI=1S/C24H18N6O3S2/c1-29-20-5-3-2-4-19(20)22-23(29)26-24(28-27-22)34-14-21(31)25-15-6-10-17(11-7-15)35-18-12-8-16(9-13-18)30(32)33/h2-13H,14H2,1H3,(H,25,31). The van der Waals surface area contributed by atoms with Crippen molar-refractivity contribution in [2.75, 3.05) is 11.1 Å². The first-order valence-corrected chi connectivity index (χ1v) is 12.3. The summed E-state index contributed by atoms with van der Waals surface area (Å²) in [5, 5.41) is 23.6. The van der Waals surface area contributed by atoms with E-state index >= 15 is 0 Å². The Morgan fingerprint density at radius 3 is 2.40 bits per heavy atom. The molecule has 0 radical (unpaired) electrons. The van der Waals surface area contributed by atoms with Crippen LogP contribution >= 0.6 is 23.5 Å². The maximum Gasteiger partial charge on any atom is 0.269 e. The first-order chi connectivity index (χ1) is 17.0. The quantitative estimate of drug-likeness (QED) is 0.181. The van der Waals surface area contributed by atoms with E-state index < -0.39 is 4.92 Å². The SMILES string of the molecule is Cn1c2ccccc2c2nnc(SCC(=O)Nc3ccc(Sc4ccc([N+](=O)[O-])cc4)cc3)nc21. The highest BCUT2D eigenvalue weighted by Crippen LogP contribution is 2.30. The van der Waals surface area contributed by atoms with E-state index in [0.717, 1.165) is 31.9 Å². The number of benzene rings is 3. The molecule has 0 fully saturated rings. The van der Waals surface area contributed by atoms with Crippen LogP contribution in [0.1, 0.15) is 0 Å².